The van der Waals surface area contributed by atoms with E-state index in [0.717, 1.165) is 0 Å². The van der Waals surface area contributed by atoms with Crippen molar-refractivity contribution in [2.45, 2.75) is 0 Å². The molecule has 0 aromatic heterocycles. The van der Waals surface area contributed by atoms with Crippen LogP contribution in [0, 0.1) is 0 Å². The molecular formula is C4H7N3O. The van der Waals surface area contributed by atoms with E-state index in [4.69, 9.17) is 11.5 Å². The van der Waals surface area contributed by atoms with Gasteiger partial charge in [0, 0.05) is 6.20 Å². The van der Waals surface area contributed by atoms with Gasteiger partial charge >= 0.3 is 0 Å². The quantitative estimate of drug-likeness (QED) is 0.208. The van der Waals surface area contributed by atoms with Crippen molar-refractivity contribution in [3.63, 3.8) is 0 Å². The molecule has 0 radical (unpaired) electrons. The smallest absolute Gasteiger partial charge is 0.190 e. The highest BCUT2D eigenvalue weighted by Crippen LogP contribution is 1.66. The van der Waals surface area contributed by atoms with Gasteiger partial charge in [0.2, 0.25) is 0 Å². The van der Waals surface area contributed by atoms with Crippen molar-refractivity contribution in [1.29, 1.82) is 0 Å². The van der Waals surface area contributed by atoms with Crippen LogP contribution in [0.4, 0.5) is 0 Å². The summed E-state index contributed by atoms with van der Waals surface area (Å²) in [5.74, 6) is -0.0527. The number of allylic oxidation sites excluding steroid dienone is 1. The number of carbonyl (C=O) groups excluding carboxylic acids is 1. The van der Waals surface area contributed by atoms with Crippen LogP contribution in [0.2, 0.25) is 0 Å². The van der Waals surface area contributed by atoms with E-state index in [1.807, 2.05) is 0 Å². The van der Waals surface area contributed by atoms with Gasteiger partial charge in [-0.25, -0.2) is 4.99 Å². The largest absolute Gasteiger partial charge is 0.370 e. The molecule has 4 nitrogen and oxygen atoms in total. The normalized spacial score (nSPS) is 9.00. The summed E-state index contributed by atoms with van der Waals surface area (Å²) < 4.78 is 0. The number of aliphatic imine (C=N–C) groups is 1. The third kappa shape index (κ3) is 4.68. The average molecular weight is 113 g/mol. The molecule has 0 aliphatic rings. The Hall–Kier alpha value is -1.32. The molecule has 0 aromatic carbocycles. The zero-order chi connectivity index (χ0) is 6.41. The van der Waals surface area contributed by atoms with Crippen molar-refractivity contribution in [2.24, 2.45) is 16.5 Å². The molecule has 0 amide bonds. The number of nitrogens with two attached hydrogens (primary N) is 2. The molecule has 0 unspecified atom stereocenters. The fourth-order valence-electron chi connectivity index (χ4n) is 0.164. The zero-order valence-corrected chi connectivity index (χ0v) is 4.24. The second-order valence-electron chi connectivity index (χ2n) is 1.03. The SMILES string of the molecule is NC(N)=NC=CC=O. The second-order valence-corrected chi connectivity index (χ2v) is 1.03. The molecule has 0 bridgehead atoms. The van der Waals surface area contributed by atoms with Crippen molar-refractivity contribution in [3.05, 3.63) is 12.3 Å². The molecule has 0 saturated carbocycles. The van der Waals surface area contributed by atoms with Crippen LogP contribution in [0.3, 0.4) is 0 Å². The summed E-state index contributed by atoms with van der Waals surface area (Å²) in [6.45, 7) is 0. The molecule has 0 saturated heterocycles. The molecule has 0 aromatic rings. The summed E-state index contributed by atoms with van der Waals surface area (Å²) in [5.41, 5.74) is 9.79. The fraction of sp³-hybridized carbons (Fsp3) is 0. The highest BCUT2D eigenvalue weighted by atomic mass is 16.1. The maximum Gasteiger partial charge on any atom is 0.190 e. The fourth-order valence-corrected chi connectivity index (χ4v) is 0.164. The van der Waals surface area contributed by atoms with Crippen LogP contribution in [0.5, 0.6) is 0 Å². The van der Waals surface area contributed by atoms with Gasteiger partial charge in [-0.15, -0.1) is 0 Å². The first-order valence-corrected chi connectivity index (χ1v) is 1.96. The second kappa shape index (κ2) is 3.86. The van der Waals surface area contributed by atoms with Crippen molar-refractivity contribution < 1.29 is 4.79 Å². The number of rotatable bonds is 2. The minimum atomic E-state index is -0.0527. The van der Waals surface area contributed by atoms with Gasteiger partial charge in [0.25, 0.3) is 0 Å². The molecule has 0 fully saturated rings. The Kier molecular flexibility index (Phi) is 3.22. The number of aldehydes is 1. The van der Waals surface area contributed by atoms with Gasteiger partial charge in [-0.2, -0.15) is 0 Å². The Balaban J connectivity index is 3.57. The molecular weight excluding hydrogens is 106 g/mol. The topological polar surface area (TPSA) is 81.5 Å². The minimum absolute atomic E-state index is 0.0527. The van der Waals surface area contributed by atoms with Gasteiger partial charge in [0.1, 0.15) is 6.29 Å². The minimum Gasteiger partial charge on any atom is -0.370 e. The number of nitrogens with zero attached hydrogens (tertiary/aromatic N) is 1. The first-order valence-electron chi connectivity index (χ1n) is 1.96. The summed E-state index contributed by atoms with van der Waals surface area (Å²) in [6, 6.07) is 0. The van der Waals surface area contributed by atoms with E-state index in [1.165, 1.54) is 12.3 Å². The molecule has 0 aliphatic heterocycles. The van der Waals surface area contributed by atoms with Crippen LogP contribution in [-0.2, 0) is 4.79 Å². The third-order valence-electron chi connectivity index (χ3n) is 0.388. The van der Waals surface area contributed by atoms with Gasteiger partial charge in [-0.3, -0.25) is 4.79 Å². The van der Waals surface area contributed by atoms with E-state index in [0.29, 0.717) is 6.29 Å². The lowest BCUT2D eigenvalue weighted by Gasteiger charge is -1.79. The van der Waals surface area contributed by atoms with Gasteiger partial charge in [-0.05, 0) is 6.08 Å². The standard InChI is InChI=1S/C4H7N3O/c5-4(6)7-2-1-3-8/h1-3H,(H4,5,6,7). The van der Waals surface area contributed by atoms with E-state index >= 15 is 0 Å². The summed E-state index contributed by atoms with van der Waals surface area (Å²) in [4.78, 5) is 12.9. The van der Waals surface area contributed by atoms with Crippen LogP contribution < -0.4 is 11.5 Å². The van der Waals surface area contributed by atoms with Gasteiger partial charge in [0.15, 0.2) is 5.96 Å². The molecule has 0 aliphatic carbocycles. The molecule has 8 heavy (non-hydrogen) atoms. The average Bonchev–Trinajstić information content (AvgIpc) is 1.66. The molecule has 4 heteroatoms. The highest BCUT2D eigenvalue weighted by molar-refractivity contribution is 5.77. The molecule has 4 N–H and O–H groups in total. The summed E-state index contributed by atoms with van der Waals surface area (Å²) >= 11 is 0. The zero-order valence-electron chi connectivity index (χ0n) is 4.24. The van der Waals surface area contributed by atoms with Crippen molar-refractivity contribution >= 4 is 12.2 Å². The lowest BCUT2D eigenvalue weighted by atomic mass is 10.7. The van der Waals surface area contributed by atoms with E-state index in [1.54, 1.807) is 0 Å². The Morgan fingerprint density at radius 2 is 2.12 bits per heavy atom. The Morgan fingerprint density at radius 1 is 1.50 bits per heavy atom. The number of hydrogen-bond donors (Lipinski definition) is 2. The monoisotopic (exact) mass is 113 g/mol. The Morgan fingerprint density at radius 3 is 2.50 bits per heavy atom. The Bertz CT molecular complexity index is 123. The molecule has 0 rings (SSSR count). The van der Waals surface area contributed by atoms with Crippen molar-refractivity contribution in [1.82, 2.24) is 0 Å². The predicted molar refractivity (Wildman–Crippen MR) is 31.0 cm³/mol. The molecule has 0 atom stereocenters. The first-order chi connectivity index (χ1) is 3.77. The van der Waals surface area contributed by atoms with Crippen molar-refractivity contribution in [2.75, 3.05) is 0 Å². The van der Waals surface area contributed by atoms with Gasteiger partial charge in [0.05, 0.1) is 0 Å². The van der Waals surface area contributed by atoms with Crippen LogP contribution in [0.25, 0.3) is 0 Å². The number of hydrogen-bond acceptors (Lipinski definition) is 2. The predicted octanol–water partition coefficient (Wildman–Crippen LogP) is -1.03. The number of guanidine groups is 1. The van der Waals surface area contributed by atoms with E-state index in [-0.39, 0.29) is 5.96 Å². The lowest BCUT2D eigenvalue weighted by Crippen LogP contribution is -2.21. The third-order valence-corrected chi connectivity index (χ3v) is 0.388. The van der Waals surface area contributed by atoms with Crippen LogP contribution in [0.15, 0.2) is 17.3 Å². The Labute approximate surface area is 46.9 Å². The maximum atomic E-state index is 9.55. The van der Waals surface area contributed by atoms with Crippen LogP contribution in [-0.4, -0.2) is 12.2 Å². The number of carbonyl (C=O) groups is 1. The van der Waals surface area contributed by atoms with Gasteiger partial charge in [-0.1, -0.05) is 0 Å². The van der Waals surface area contributed by atoms with Crippen molar-refractivity contribution in [3.8, 4) is 0 Å². The molecule has 0 spiro atoms. The summed E-state index contributed by atoms with van der Waals surface area (Å²) in [5, 5.41) is 0. The van der Waals surface area contributed by atoms with E-state index in [9.17, 15) is 4.79 Å². The first kappa shape index (κ1) is 6.68. The van der Waals surface area contributed by atoms with Gasteiger partial charge < -0.3 is 11.5 Å². The summed E-state index contributed by atoms with van der Waals surface area (Å²) in [7, 11) is 0. The van der Waals surface area contributed by atoms with Crippen LogP contribution in [0.1, 0.15) is 0 Å². The van der Waals surface area contributed by atoms with E-state index < -0.39 is 0 Å². The van der Waals surface area contributed by atoms with Crippen LogP contribution >= 0.6 is 0 Å². The van der Waals surface area contributed by atoms with E-state index in [2.05, 4.69) is 4.99 Å². The summed E-state index contributed by atoms with van der Waals surface area (Å²) in [6.07, 6.45) is 3.01. The molecule has 0 heterocycles. The molecule has 44 valence electrons. The highest BCUT2D eigenvalue weighted by Gasteiger charge is 1.68. The lowest BCUT2D eigenvalue weighted by molar-refractivity contribution is -0.104. The maximum absolute atomic E-state index is 9.55.